The van der Waals surface area contributed by atoms with Gasteiger partial charge in [0.1, 0.15) is 0 Å². The zero-order chi connectivity index (χ0) is 12.3. The van der Waals surface area contributed by atoms with Crippen LogP contribution in [0.3, 0.4) is 0 Å². The van der Waals surface area contributed by atoms with E-state index >= 15 is 0 Å². The van der Waals surface area contributed by atoms with Gasteiger partial charge in [0.05, 0.1) is 5.56 Å². The second kappa shape index (κ2) is 4.40. The molecule has 0 aliphatic carbocycles. The van der Waals surface area contributed by atoms with Gasteiger partial charge in [0.15, 0.2) is 0 Å². The van der Waals surface area contributed by atoms with Crippen LogP contribution in [0.25, 0.3) is 0 Å². The highest BCUT2D eigenvalue weighted by Gasteiger charge is 2.33. The van der Waals surface area contributed by atoms with Gasteiger partial charge < -0.3 is 16.8 Å². The van der Waals surface area contributed by atoms with E-state index in [2.05, 4.69) is 5.32 Å². The number of alkyl halides is 3. The first-order chi connectivity index (χ1) is 7.34. The molecule has 0 spiro atoms. The second-order valence-electron chi connectivity index (χ2n) is 3.06. The van der Waals surface area contributed by atoms with Gasteiger partial charge in [0.2, 0.25) is 0 Å². The van der Waals surface area contributed by atoms with Gasteiger partial charge >= 0.3 is 12.2 Å². The van der Waals surface area contributed by atoms with Crippen molar-refractivity contribution in [2.75, 3.05) is 5.32 Å². The zero-order valence-corrected chi connectivity index (χ0v) is 8.14. The molecule has 0 unspecified atom stereocenters. The van der Waals surface area contributed by atoms with Gasteiger partial charge in [-0.25, -0.2) is 4.79 Å². The molecule has 7 heteroatoms. The molecule has 0 atom stereocenters. The number of benzene rings is 1. The number of anilines is 1. The van der Waals surface area contributed by atoms with Crippen LogP contribution < -0.4 is 16.8 Å². The third-order valence-electron chi connectivity index (χ3n) is 1.90. The fourth-order valence-corrected chi connectivity index (χ4v) is 1.24. The number of amides is 2. The normalized spacial score (nSPS) is 11.2. The summed E-state index contributed by atoms with van der Waals surface area (Å²) in [5.41, 5.74) is 9.05. The molecule has 16 heavy (non-hydrogen) atoms. The predicted octanol–water partition coefficient (Wildman–Crippen LogP) is 1.65. The maximum Gasteiger partial charge on any atom is 0.416 e. The lowest BCUT2D eigenvalue weighted by Crippen LogP contribution is -2.20. The van der Waals surface area contributed by atoms with E-state index in [0.29, 0.717) is 0 Å². The lowest BCUT2D eigenvalue weighted by atomic mass is 10.1. The minimum atomic E-state index is -4.51. The summed E-state index contributed by atoms with van der Waals surface area (Å²) in [5.74, 6) is 0. The summed E-state index contributed by atoms with van der Waals surface area (Å²) >= 11 is 0. The van der Waals surface area contributed by atoms with Crippen LogP contribution in [0.5, 0.6) is 0 Å². The molecular weight excluding hydrogens is 223 g/mol. The number of nitrogens with two attached hydrogens (primary N) is 2. The summed E-state index contributed by atoms with van der Waals surface area (Å²) in [6.07, 6.45) is -4.51. The average Bonchev–Trinajstić information content (AvgIpc) is 2.15. The maximum atomic E-state index is 12.6. The van der Waals surface area contributed by atoms with Crippen LogP contribution >= 0.6 is 0 Å². The quantitative estimate of drug-likeness (QED) is 0.726. The monoisotopic (exact) mass is 233 g/mol. The summed E-state index contributed by atoms with van der Waals surface area (Å²) in [4.78, 5) is 10.5. The van der Waals surface area contributed by atoms with E-state index in [-0.39, 0.29) is 17.8 Å². The number of hydrogen-bond donors (Lipinski definition) is 3. The van der Waals surface area contributed by atoms with Crippen molar-refractivity contribution in [3.05, 3.63) is 29.3 Å². The molecule has 0 saturated heterocycles. The third-order valence-corrected chi connectivity index (χ3v) is 1.90. The number of urea groups is 1. The molecule has 2 amide bonds. The topological polar surface area (TPSA) is 81.1 Å². The molecule has 0 aliphatic heterocycles. The molecular formula is C9H10F3N3O. The van der Waals surface area contributed by atoms with Gasteiger partial charge in [-0.05, 0) is 17.7 Å². The lowest BCUT2D eigenvalue weighted by molar-refractivity contribution is -0.138. The van der Waals surface area contributed by atoms with E-state index < -0.39 is 17.8 Å². The second-order valence-corrected chi connectivity index (χ2v) is 3.06. The van der Waals surface area contributed by atoms with Crippen molar-refractivity contribution in [1.29, 1.82) is 0 Å². The van der Waals surface area contributed by atoms with Gasteiger partial charge in [0.25, 0.3) is 0 Å². The summed E-state index contributed by atoms with van der Waals surface area (Å²) in [6, 6.07) is 2.39. The molecule has 88 valence electrons. The van der Waals surface area contributed by atoms with Crippen LogP contribution in [0.15, 0.2) is 18.2 Å². The van der Waals surface area contributed by atoms with Crippen molar-refractivity contribution in [2.45, 2.75) is 12.7 Å². The predicted molar refractivity (Wildman–Crippen MR) is 52.5 cm³/mol. The number of primary amides is 1. The number of hydrogen-bond acceptors (Lipinski definition) is 2. The first-order valence-electron chi connectivity index (χ1n) is 4.31. The molecule has 0 bridgehead atoms. The van der Waals surface area contributed by atoms with Gasteiger partial charge in [-0.1, -0.05) is 6.07 Å². The summed E-state index contributed by atoms with van der Waals surface area (Å²) in [5, 5.41) is 2.07. The van der Waals surface area contributed by atoms with Crippen molar-refractivity contribution >= 4 is 11.7 Å². The first kappa shape index (κ1) is 12.3. The Hall–Kier alpha value is -1.76. The molecule has 1 aromatic rings. The highest BCUT2D eigenvalue weighted by Crippen LogP contribution is 2.33. The Kier molecular flexibility index (Phi) is 3.38. The molecule has 1 rings (SSSR count). The maximum absolute atomic E-state index is 12.6. The number of nitrogens with one attached hydrogen (secondary N) is 1. The number of carbonyl (C=O) groups excluding carboxylic acids is 1. The molecule has 0 radical (unpaired) electrons. The van der Waals surface area contributed by atoms with Gasteiger partial charge in [-0.3, -0.25) is 0 Å². The van der Waals surface area contributed by atoms with Crippen LogP contribution in [0, 0.1) is 0 Å². The minimum Gasteiger partial charge on any atom is -0.351 e. The fraction of sp³-hybridized carbons (Fsp3) is 0.222. The van der Waals surface area contributed by atoms with Crippen molar-refractivity contribution < 1.29 is 18.0 Å². The van der Waals surface area contributed by atoms with Crippen molar-refractivity contribution in [2.24, 2.45) is 11.5 Å². The first-order valence-corrected chi connectivity index (χ1v) is 4.31. The van der Waals surface area contributed by atoms with Gasteiger partial charge in [-0.2, -0.15) is 13.2 Å². The molecule has 0 aliphatic rings. The zero-order valence-electron chi connectivity index (χ0n) is 8.14. The Bertz CT molecular complexity index is 403. The van der Waals surface area contributed by atoms with Crippen LogP contribution in [0.4, 0.5) is 23.7 Å². The van der Waals surface area contributed by atoms with Crippen LogP contribution in [0.2, 0.25) is 0 Å². The van der Waals surface area contributed by atoms with Gasteiger partial charge in [0, 0.05) is 12.2 Å². The molecule has 0 fully saturated rings. The fourth-order valence-electron chi connectivity index (χ4n) is 1.24. The van der Waals surface area contributed by atoms with Crippen molar-refractivity contribution in [1.82, 2.24) is 0 Å². The standard InChI is InChI=1S/C9H10F3N3O/c10-9(11,12)7-3-6(15-8(14)16)2-1-5(7)4-13/h1-3H,4,13H2,(H3,14,15,16). The Balaban J connectivity index is 3.16. The Morgan fingerprint density at radius 1 is 1.38 bits per heavy atom. The van der Waals surface area contributed by atoms with Crippen molar-refractivity contribution in [3.8, 4) is 0 Å². The smallest absolute Gasteiger partial charge is 0.351 e. The third kappa shape index (κ3) is 2.86. The minimum absolute atomic E-state index is 0.0166. The molecule has 0 aromatic heterocycles. The highest BCUT2D eigenvalue weighted by molar-refractivity contribution is 5.87. The molecule has 0 saturated carbocycles. The molecule has 5 N–H and O–H groups in total. The van der Waals surface area contributed by atoms with Crippen molar-refractivity contribution in [3.63, 3.8) is 0 Å². The number of rotatable bonds is 2. The van der Waals surface area contributed by atoms with E-state index in [4.69, 9.17) is 11.5 Å². The Morgan fingerprint density at radius 2 is 2.00 bits per heavy atom. The van der Waals surface area contributed by atoms with E-state index in [1.807, 2.05) is 0 Å². The average molecular weight is 233 g/mol. The molecule has 4 nitrogen and oxygen atoms in total. The highest BCUT2D eigenvalue weighted by atomic mass is 19.4. The Labute approximate surface area is 89.4 Å². The lowest BCUT2D eigenvalue weighted by Gasteiger charge is -2.13. The number of halogens is 3. The van der Waals surface area contributed by atoms with Crippen LogP contribution in [0.1, 0.15) is 11.1 Å². The largest absolute Gasteiger partial charge is 0.416 e. The summed E-state index contributed by atoms with van der Waals surface area (Å²) in [6.45, 7) is -0.230. The van der Waals surface area contributed by atoms with Gasteiger partial charge in [-0.15, -0.1) is 0 Å². The Morgan fingerprint density at radius 3 is 2.44 bits per heavy atom. The summed E-state index contributed by atoms with van der Waals surface area (Å²) < 4.78 is 37.7. The van der Waals surface area contributed by atoms with Crippen LogP contribution in [-0.2, 0) is 12.7 Å². The summed E-state index contributed by atoms with van der Waals surface area (Å²) in [7, 11) is 0. The van der Waals surface area contributed by atoms with E-state index in [9.17, 15) is 18.0 Å². The van der Waals surface area contributed by atoms with E-state index in [1.165, 1.54) is 12.1 Å². The molecule has 0 heterocycles. The number of carbonyl (C=O) groups is 1. The SMILES string of the molecule is NCc1ccc(NC(N)=O)cc1C(F)(F)F. The van der Waals surface area contributed by atoms with E-state index in [0.717, 1.165) is 6.07 Å². The van der Waals surface area contributed by atoms with E-state index in [1.54, 1.807) is 0 Å². The van der Waals surface area contributed by atoms with Crippen LogP contribution in [-0.4, -0.2) is 6.03 Å². The molecule has 1 aromatic carbocycles.